The van der Waals surface area contributed by atoms with E-state index >= 15 is 0 Å². The molecule has 2 aromatic rings. The van der Waals surface area contributed by atoms with E-state index in [0.29, 0.717) is 5.13 Å². The number of nitrogens with zero attached hydrogens (tertiary/aromatic N) is 2. The van der Waals surface area contributed by atoms with Gasteiger partial charge in [0.1, 0.15) is 12.1 Å². The number of amides is 4. The number of aromatic nitrogens is 1. The summed E-state index contributed by atoms with van der Waals surface area (Å²) in [7, 11) is 0. The highest BCUT2D eigenvalue weighted by molar-refractivity contribution is 7.14. The molecule has 4 amide bonds. The van der Waals surface area contributed by atoms with E-state index in [0.717, 1.165) is 34.6 Å². The van der Waals surface area contributed by atoms with E-state index in [1.54, 1.807) is 6.92 Å². The van der Waals surface area contributed by atoms with Crippen LogP contribution in [0.25, 0.3) is 11.3 Å². The molecule has 8 heteroatoms. The molecule has 4 rings (SSSR count). The van der Waals surface area contributed by atoms with Gasteiger partial charge >= 0.3 is 6.03 Å². The molecule has 1 aromatic carbocycles. The molecule has 2 heterocycles. The fourth-order valence-corrected chi connectivity index (χ4v) is 4.02. The van der Waals surface area contributed by atoms with Crippen LogP contribution in [0.15, 0.2) is 29.6 Å². The monoisotopic (exact) mass is 384 g/mol. The molecule has 1 saturated heterocycles. The number of thiazole rings is 1. The van der Waals surface area contributed by atoms with Crippen LogP contribution in [0.2, 0.25) is 0 Å². The molecule has 2 N–H and O–H groups in total. The SMILES string of the molecule is Cc1ccc(-c2csc(NC(=O)CN3C(=O)NC(C)(C4CC4)C3=O)n2)cc1. The molecule has 1 atom stereocenters. The first-order valence-electron chi connectivity index (χ1n) is 8.83. The Morgan fingerprint density at radius 1 is 1.33 bits per heavy atom. The first kappa shape index (κ1) is 17.7. The quantitative estimate of drug-likeness (QED) is 0.776. The van der Waals surface area contributed by atoms with Gasteiger partial charge in [-0.2, -0.15) is 0 Å². The maximum absolute atomic E-state index is 12.6. The lowest BCUT2D eigenvalue weighted by molar-refractivity contribution is -0.134. The molecule has 0 spiro atoms. The predicted octanol–water partition coefficient (Wildman–Crippen LogP) is 2.78. The Labute approximate surface area is 160 Å². The smallest absolute Gasteiger partial charge is 0.323 e. The third-order valence-electron chi connectivity index (χ3n) is 5.09. The van der Waals surface area contributed by atoms with E-state index in [9.17, 15) is 14.4 Å². The number of hydrogen-bond donors (Lipinski definition) is 2. The highest BCUT2D eigenvalue weighted by Gasteiger charge is 2.56. The van der Waals surface area contributed by atoms with E-state index in [1.807, 2.05) is 36.6 Å². The van der Waals surface area contributed by atoms with Gasteiger partial charge in [0.2, 0.25) is 5.91 Å². The Balaban J connectivity index is 1.41. The van der Waals surface area contributed by atoms with Crippen molar-refractivity contribution < 1.29 is 14.4 Å². The van der Waals surface area contributed by atoms with E-state index in [4.69, 9.17) is 0 Å². The summed E-state index contributed by atoms with van der Waals surface area (Å²) in [6.45, 7) is 3.43. The van der Waals surface area contributed by atoms with Crippen molar-refractivity contribution in [3.63, 3.8) is 0 Å². The average Bonchev–Trinajstić information content (AvgIpc) is 3.36. The number of rotatable bonds is 5. The predicted molar refractivity (Wildman–Crippen MR) is 102 cm³/mol. The van der Waals surface area contributed by atoms with Crippen LogP contribution in [-0.4, -0.2) is 39.8 Å². The van der Waals surface area contributed by atoms with Crippen LogP contribution >= 0.6 is 11.3 Å². The molecular formula is C19H20N4O3S. The van der Waals surface area contributed by atoms with Crippen molar-refractivity contribution in [3.05, 3.63) is 35.2 Å². The minimum atomic E-state index is -0.878. The summed E-state index contributed by atoms with van der Waals surface area (Å²) < 4.78 is 0. The zero-order valence-corrected chi connectivity index (χ0v) is 15.9. The van der Waals surface area contributed by atoms with Crippen molar-refractivity contribution in [2.45, 2.75) is 32.2 Å². The Morgan fingerprint density at radius 2 is 2.04 bits per heavy atom. The molecule has 1 saturated carbocycles. The Bertz CT molecular complexity index is 919. The van der Waals surface area contributed by atoms with Gasteiger partial charge < -0.3 is 10.6 Å². The summed E-state index contributed by atoms with van der Waals surface area (Å²) in [4.78, 5) is 42.4. The minimum Gasteiger partial charge on any atom is -0.323 e. The summed E-state index contributed by atoms with van der Waals surface area (Å²) >= 11 is 1.30. The fraction of sp³-hybridized carbons (Fsp3) is 0.368. The number of benzene rings is 1. The van der Waals surface area contributed by atoms with Crippen molar-refractivity contribution in [1.29, 1.82) is 0 Å². The third-order valence-corrected chi connectivity index (χ3v) is 5.85. The van der Waals surface area contributed by atoms with Gasteiger partial charge in [0.05, 0.1) is 5.69 Å². The van der Waals surface area contributed by atoms with E-state index in [2.05, 4.69) is 15.6 Å². The second kappa shape index (κ2) is 6.45. The van der Waals surface area contributed by atoms with Gasteiger partial charge in [-0.1, -0.05) is 29.8 Å². The van der Waals surface area contributed by atoms with Crippen molar-refractivity contribution in [1.82, 2.24) is 15.2 Å². The number of nitrogens with one attached hydrogen (secondary N) is 2. The maximum Gasteiger partial charge on any atom is 0.325 e. The highest BCUT2D eigenvalue weighted by Crippen LogP contribution is 2.42. The minimum absolute atomic E-state index is 0.165. The molecule has 1 aliphatic heterocycles. The molecule has 7 nitrogen and oxygen atoms in total. The maximum atomic E-state index is 12.6. The van der Waals surface area contributed by atoms with Crippen molar-refractivity contribution >= 4 is 34.3 Å². The first-order valence-corrected chi connectivity index (χ1v) is 9.71. The van der Waals surface area contributed by atoms with Gasteiger partial charge in [0.25, 0.3) is 5.91 Å². The van der Waals surface area contributed by atoms with Crippen molar-refractivity contribution in [2.75, 3.05) is 11.9 Å². The summed E-state index contributed by atoms with van der Waals surface area (Å²) in [5.41, 5.74) is 2.02. The van der Waals surface area contributed by atoms with Crippen LogP contribution in [0, 0.1) is 12.8 Å². The van der Waals surface area contributed by atoms with Crippen LogP contribution in [0.5, 0.6) is 0 Å². The second-order valence-corrected chi connectivity index (χ2v) is 8.11. The lowest BCUT2D eigenvalue weighted by Crippen LogP contribution is -2.46. The Kier molecular flexibility index (Phi) is 4.22. The van der Waals surface area contributed by atoms with E-state index in [1.165, 1.54) is 11.3 Å². The van der Waals surface area contributed by atoms with Crippen LogP contribution < -0.4 is 10.6 Å². The molecule has 140 valence electrons. The molecular weight excluding hydrogens is 364 g/mol. The summed E-state index contributed by atoms with van der Waals surface area (Å²) in [6.07, 6.45) is 1.84. The van der Waals surface area contributed by atoms with Gasteiger partial charge in [0.15, 0.2) is 5.13 Å². The zero-order valence-electron chi connectivity index (χ0n) is 15.1. The number of carbonyl (C=O) groups excluding carboxylic acids is 3. The normalized spacial score (nSPS) is 22.1. The standard InChI is InChI=1S/C19H20N4O3S/c1-11-3-5-12(6-4-11)14-10-27-17(20-14)21-15(24)9-23-16(25)19(2,13-7-8-13)22-18(23)26/h3-6,10,13H,7-9H2,1-2H3,(H,22,26)(H,20,21,24). The lowest BCUT2D eigenvalue weighted by atomic mass is 9.96. The molecule has 27 heavy (non-hydrogen) atoms. The van der Waals surface area contributed by atoms with Crippen molar-refractivity contribution in [2.24, 2.45) is 5.92 Å². The third kappa shape index (κ3) is 3.32. The zero-order chi connectivity index (χ0) is 19.2. The number of anilines is 1. The average molecular weight is 384 g/mol. The van der Waals surface area contributed by atoms with Crippen LogP contribution in [-0.2, 0) is 9.59 Å². The van der Waals surface area contributed by atoms with Gasteiger partial charge in [-0.05, 0) is 32.6 Å². The fourth-order valence-electron chi connectivity index (χ4n) is 3.29. The largest absolute Gasteiger partial charge is 0.325 e. The number of carbonyl (C=O) groups is 3. The van der Waals surface area contributed by atoms with Crippen LogP contribution in [0.4, 0.5) is 9.93 Å². The van der Waals surface area contributed by atoms with Crippen molar-refractivity contribution in [3.8, 4) is 11.3 Å². The number of urea groups is 1. The number of imide groups is 1. The molecule has 1 aliphatic carbocycles. The topological polar surface area (TPSA) is 91.4 Å². The molecule has 0 radical (unpaired) electrons. The number of hydrogen-bond acceptors (Lipinski definition) is 5. The summed E-state index contributed by atoms with van der Waals surface area (Å²) in [5, 5.41) is 7.71. The van der Waals surface area contributed by atoms with E-state index < -0.39 is 17.5 Å². The lowest BCUT2D eigenvalue weighted by Gasteiger charge is -2.20. The van der Waals surface area contributed by atoms with Gasteiger partial charge in [-0.3, -0.25) is 14.5 Å². The summed E-state index contributed by atoms with van der Waals surface area (Å²) in [5.74, 6) is -0.606. The Morgan fingerprint density at radius 3 is 2.70 bits per heavy atom. The molecule has 2 aliphatic rings. The molecule has 1 aromatic heterocycles. The molecule has 2 fully saturated rings. The van der Waals surface area contributed by atoms with Gasteiger partial charge in [-0.15, -0.1) is 11.3 Å². The first-order chi connectivity index (χ1) is 12.9. The Hall–Kier alpha value is -2.74. The summed E-state index contributed by atoms with van der Waals surface area (Å²) in [6, 6.07) is 7.44. The number of aryl methyl sites for hydroxylation is 1. The van der Waals surface area contributed by atoms with Crippen LogP contribution in [0.3, 0.4) is 0 Å². The van der Waals surface area contributed by atoms with E-state index in [-0.39, 0.29) is 18.4 Å². The highest BCUT2D eigenvalue weighted by atomic mass is 32.1. The van der Waals surface area contributed by atoms with Gasteiger partial charge in [-0.25, -0.2) is 9.78 Å². The van der Waals surface area contributed by atoms with Gasteiger partial charge in [0, 0.05) is 10.9 Å². The molecule has 0 bridgehead atoms. The molecule has 1 unspecified atom stereocenters. The van der Waals surface area contributed by atoms with Crippen LogP contribution in [0.1, 0.15) is 25.3 Å². The second-order valence-electron chi connectivity index (χ2n) is 7.25.